The minimum Gasteiger partial charge on any atom is -0.390 e. The van der Waals surface area contributed by atoms with Crippen molar-refractivity contribution in [1.82, 2.24) is 15.1 Å². The summed E-state index contributed by atoms with van der Waals surface area (Å²) in [7, 11) is 0. The van der Waals surface area contributed by atoms with Crippen LogP contribution in [0.5, 0.6) is 0 Å². The number of nitrogens with zero attached hydrogens (tertiary/aromatic N) is 2. The number of aliphatic hydroxyl groups excluding tert-OH is 1. The molecule has 1 rings (SSSR count). The molecular weight excluding hydrogens is 202 g/mol. The Hall–Kier alpha value is -0.870. The summed E-state index contributed by atoms with van der Waals surface area (Å²) in [6, 6.07) is 1.87. The summed E-state index contributed by atoms with van der Waals surface area (Å²) in [5.41, 5.74) is 0. The largest absolute Gasteiger partial charge is 0.390 e. The lowest BCUT2D eigenvalue weighted by atomic mass is 10.0. The van der Waals surface area contributed by atoms with Crippen molar-refractivity contribution in [3.63, 3.8) is 0 Å². The van der Waals surface area contributed by atoms with E-state index in [1.165, 1.54) is 12.8 Å². The lowest BCUT2D eigenvalue weighted by Gasteiger charge is -2.16. The van der Waals surface area contributed by atoms with Crippen LogP contribution in [0.25, 0.3) is 0 Å². The molecule has 0 aliphatic carbocycles. The van der Waals surface area contributed by atoms with E-state index in [4.69, 9.17) is 0 Å². The fourth-order valence-electron chi connectivity index (χ4n) is 1.72. The SMILES string of the molecule is CCC(CC)CNCC(O)Cn1cccn1. The number of aliphatic hydroxyl groups is 1. The molecule has 2 N–H and O–H groups in total. The fraction of sp³-hybridized carbons (Fsp3) is 0.750. The van der Waals surface area contributed by atoms with Crippen molar-refractivity contribution < 1.29 is 5.11 Å². The second kappa shape index (κ2) is 7.41. The maximum atomic E-state index is 9.76. The highest BCUT2D eigenvalue weighted by atomic mass is 16.3. The smallest absolute Gasteiger partial charge is 0.0860 e. The van der Waals surface area contributed by atoms with Gasteiger partial charge >= 0.3 is 0 Å². The first-order valence-electron chi connectivity index (χ1n) is 6.12. The zero-order valence-corrected chi connectivity index (χ0v) is 10.3. The van der Waals surface area contributed by atoms with Gasteiger partial charge < -0.3 is 10.4 Å². The molecule has 1 aromatic heterocycles. The zero-order valence-electron chi connectivity index (χ0n) is 10.3. The van der Waals surface area contributed by atoms with Gasteiger partial charge in [-0.2, -0.15) is 5.10 Å². The van der Waals surface area contributed by atoms with Crippen molar-refractivity contribution in [3.05, 3.63) is 18.5 Å². The maximum absolute atomic E-state index is 9.76. The Morgan fingerprint density at radius 3 is 2.62 bits per heavy atom. The molecule has 0 bridgehead atoms. The monoisotopic (exact) mass is 225 g/mol. The molecule has 1 heterocycles. The standard InChI is InChI=1S/C12H23N3O/c1-3-11(4-2)8-13-9-12(16)10-15-7-5-6-14-15/h5-7,11-13,16H,3-4,8-10H2,1-2H3. The highest BCUT2D eigenvalue weighted by molar-refractivity contribution is 4.78. The Morgan fingerprint density at radius 1 is 1.31 bits per heavy atom. The third kappa shape index (κ3) is 4.77. The van der Waals surface area contributed by atoms with E-state index >= 15 is 0 Å². The summed E-state index contributed by atoms with van der Waals surface area (Å²) >= 11 is 0. The number of nitrogens with one attached hydrogen (secondary N) is 1. The summed E-state index contributed by atoms with van der Waals surface area (Å²) in [6.07, 6.45) is 5.61. The van der Waals surface area contributed by atoms with E-state index in [1.54, 1.807) is 10.9 Å². The number of aromatic nitrogens is 2. The average molecular weight is 225 g/mol. The van der Waals surface area contributed by atoms with Gasteiger partial charge in [0.25, 0.3) is 0 Å². The Kier molecular flexibility index (Phi) is 6.11. The number of hydrogen-bond donors (Lipinski definition) is 2. The van der Waals surface area contributed by atoms with Crippen LogP contribution >= 0.6 is 0 Å². The van der Waals surface area contributed by atoms with E-state index in [0.717, 1.165) is 12.5 Å². The lowest BCUT2D eigenvalue weighted by Crippen LogP contribution is -2.33. The van der Waals surface area contributed by atoms with Gasteiger partial charge in [0.1, 0.15) is 0 Å². The normalized spacial score (nSPS) is 13.2. The van der Waals surface area contributed by atoms with Crippen LogP contribution in [0.2, 0.25) is 0 Å². The van der Waals surface area contributed by atoms with Gasteiger partial charge in [0.05, 0.1) is 12.6 Å². The van der Waals surface area contributed by atoms with Crippen LogP contribution in [0.3, 0.4) is 0 Å². The van der Waals surface area contributed by atoms with Gasteiger partial charge in [-0.1, -0.05) is 26.7 Å². The molecule has 0 amide bonds. The molecule has 0 aliphatic rings. The first kappa shape index (κ1) is 13.2. The summed E-state index contributed by atoms with van der Waals surface area (Å²) in [6.45, 7) is 6.59. The number of rotatable bonds is 8. The molecule has 1 unspecified atom stereocenters. The summed E-state index contributed by atoms with van der Waals surface area (Å²) in [4.78, 5) is 0. The van der Waals surface area contributed by atoms with Crippen LogP contribution in [0.1, 0.15) is 26.7 Å². The molecule has 4 heteroatoms. The molecule has 0 saturated carbocycles. The quantitative estimate of drug-likeness (QED) is 0.700. The topological polar surface area (TPSA) is 50.1 Å². The van der Waals surface area contributed by atoms with Crippen LogP contribution in [-0.4, -0.2) is 34.1 Å². The maximum Gasteiger partial charge on any atom is 0.0860 e. The van der Waals surface area contributed by atoms with Gasteiger partial charge in [0.15, 0.2) is 0 Å². The first-order chi connectivity index (χ1) is 7.76. The highest BCUT2D eigenvalue weighted by Gasteiger charge is 2.07. The summed E-state index contributed by atoms with van der Waals surface area (Å²) in [5, 5.41) is 17.1. The molecule has 0 fully saturated rings. The van der Waals surface area contributed by atoms with E-state index in [2.05, 4.69) is 24.3 Å². The van der Waals surface area contributed by atoms with Gasteiger partial charge in [-0.25, -0.2) is 0 Å². The highest BCUT2D eigenvalue weighted by Crippen LogP contribution is 2.04. The molecule has 0 spiro atoms. The average Bonchev–Trinajstić information content (AvgIpc) is 2.77. The first-order valence-corrected chi connectivity index (χ1v) is 6.12. The summed E-state index contributed by atoms with van der Waals surface area (Å²) < 4.78 is 1.75. The second-order valence-corrected chi connectivity index (χ2v) is 4.22. The van der Waals surface area contributed by atoms with E-state index in [1.807, 2.05) is 12.3 Å². The van der Waals surface area contributed by atoms with E-state index in [0.29, 0.717) is 13.1 Å². The van der Waals surface area contributed by atoms with Crippen molar-refractivity contribution in [1.29, 1.82) is 0 Å². The van der Waals surface area contributed by atoms with E-state index in [-0.39, 0.29) is 6.10 Å². The van der Waals surface area contributed by atoms with Crippen molar-refractivity contribution in [3.8, 4) is 0 Å². The van der Waals surface area contributed by atoms with Crippen LogP contribution in [0.15, 0.2) is 18.5 Å². The van der Waals surface area contributed by atoms with Gasteiger partial charge in [0.2, 0.25) is 0 Å². The predicted octanol–water partition coefficient (Wildman–Crippen LogP) is 1.27. The molecule has 92 valence electrons. The van der Waals surface area contributed by atoms with E-state index < -0.39 is 0 Å². The fourth-order valence-corrected chi connectivity index (χ4v) is 1.72. The van der Waals surface area contributed by atoms with Crippen molar-refractivity contribution in [2.45, 2.75) is 39.3 Å². The third-order valence-electron chi connectivity index (χ3n) is 2.92. The van der Waals surface area contributed by atoms with Crippen molar-refractivity contribution in [2.75, 3.05) is 13.1 Å². The molecule has 4 nitrogen and oxygen atoms in total. The predicted molar refractivity (Wildman–Crippen MR) is 65.2 cm³/mol. The van der Waals surface area contributed by atoms with Crippen LogP contribution < -0.4 is 5.32 Å². The molecule has 1 aromatic rings. The lowest BCUT2D eigenvalue weighted by molar-refractivity contribution is 0.145. The Morgan fingerprint density at radius 2 is 2.06 bits per heavy atom. The Bertz CT molecular complexity index is 257. The van der Waals surface area contributed by atoms with E-state index in [9.17, 15) is 5.11 Å². The van der Waals surface area contributed by atoms with Crippen LogP contribution in [-0.2, 0) is 6.54 Å². The number of hydrogen-bond acceptors (Lipinski definition) is 3. The molecule has 0 saturated heterocycles. The van der Waals surface area contributed by atoms with Gasteiger partial charge in [-0.05, 0) is 18.5 Å². The zero-order chi connectivity index (χ0) is 11.8. The molecule has 0 aromatic carbocycles. The molecule has 16 heavy (non-hydrogen) atoms. The van der Waals surface area contributed by atoms with Crippen LogP contribution in [0.4, 0.5) is 0 Å². The molecule has 0 radical (unpaired) electrons. The van der Waals surface area contributed by atoms with Gasteiger partial charge in [0, 0.05) is 18.9 Å². The van der Waals surface area contributed by atoms with Gasteiger partial charge in [-0.15, -0.1) is 0 Å². The van der Waals surface area contributed by atoms with Crippen LogP contribution in [0, 0.1) is 5.92 Å². The molecule has 0 aliphatic heterocycles. The summed E-state index contributed by atoms with van der Waals surface area (Å²) in [5.74, 6) is 0.719. The van der Waals surface area contributed by atoms with Gasteiger partial charge in [-0.3, -0.25) is 4.68 Å². The molecule has 1 atom stereocenters. The van der Waals surface area contributed by atoms with Crippen molar-refractivity contribution in [2.24, 2.45) is 5.92 Å². The van der Waals surface area contributed by atoms with Crippen molar-refractivity contribution >= 4 is 0 Å². The Labute approximate surface area is 97.7 Å². The second-order valence-electron chi connectivity index (χ2n) is 4.22. The third-order valence-corrected chi connectivity index (χ3v) is 2.92. The molecular formula is C12H23N3O. The minimum atomic E-state index is -0.366. The minimum absolute atomic E-state index is 0.366. The Balaban J connectivity index is 2.13.